The number of furan rings is 1. The van der Waals surface area contributed by atoms with Crippen LogP contribution in [0.4, 0.5) is 0 Å². The predicted molar refractivity (Wildman–Crippen MR) is 115 cm³/mol. The third-order valence-corrected chi connectivity index (χ3v) is 9.71. The van der Waals surface area contributed by atoms with Gasteiger partial charge in [0, 0.05) is 18.9 Å². The Kier molecular flexibility index (Phi) is 3.50. The summed E-state index contributed by atoms with van der Waals surface area (Å²) in [6.45, 7) is 11.2. The molecule has 0 radical (unpaired) electrons. The van der Waals surface area contributed by atoms with Crippen LogP contribution in [0.3, 0.4) is 0 Å². The molecule has 0 saturated carbocycles. The molecule has 5 fully saturated rings. The highest BCUT2D eigenvalue weighted by molar-refractivity contribution is 5.93. The van der Waals surface area contributed by atoms with Crippen molar-refractivity contribution in [2.24, 2.45) is 16.7 Å². The molecule has 4 bridgehead atoms. The minimum Gasteiger partial charge on any atom is -0.472 e. The monoisotopic (exact) mass is 482 g/mol. The quantitative estimate of drug-likeness (QED) is 0.357. The van der Waals surface area contributed by atoms with E-state index in [1.54, 1.807) is 26.8 Å². The first-order valence-corrected chi connectivity index (χ1v) is 11.8. The van der Waals surface area contributed by atoms with Gasteiger partial charge in [0.2, 0.25) is 11.4 Å². The van der Waals surface area contributed by atoms with Crippen LogP contribution in [0.2, 0.25) is 0 Å². The Bertz CT molecular complexity index is 1270. The van der Waals surface area contributed by atoms with Crippen molar-refractivity contribution < 1.29 is 42.5 Å². The van der Waals surface area contributed by atoms with E-state index in [9.17, 15) is 14.4 Å². The van der Waals surface area contributed by atoms with E-state index >= 15 is 0 Å². The summed E-state index contributed by atoms with van der Waals surface area (Å²) in [6.07, 6.45) is 5.30. The van der Waals surface area contributed by atoms with E-state index in [0.717, 1.165) is 0 Å². The average molecular weight is 482 g/mol. The summed E-state index contributed by atoms with van der Waals surface area (Å²) in [6, 6.07) is 1.74. The van der Waals surface area contributed by atoms with Crippen molar-refractivity contribution in [3.8, 4) is 0 Å². The Labute approximate surface area is 201 Å². The second-order valence-corrected chi connectivity index (χ2v) is 11.3. The number of hydrogen-bond donors (Lipinski definition) is 0. The van der Waals surface area contributed by atoms with Crippen molar-refractivity contribution in [3.05, 3.63) is 48.5 Å². The molecule has 0 aromatic carbocycles. The highest BCUT2D eigenvalue weighted by Gasteiger charge is 2.93. The number of carbonyl (C=O) groups excluding carboxylic acids is 3. The maximum Gasteiger partial charge on any atom is 0.343 e. The predicted octanol–water partition coefficient (Wildman–Crippen LogP) is 2.91. The molecule has 0 amide bonds. The molecule has 9 atom stereocenters. The van der Waals surface area contributed by atoms with E-state index in [2.05, 4.69) is 6.58 Å². The SMILES string of the molecule is C=C(C)C12CC3(OC1CC(=O)O2)C1(C)C(=O)OC2(C)OC34C(=O)OC(c3ccoc3)C4(C)C=CC21. The lowest BCUT2D eigenvalue weighted by Gasteiger charge is -2.59. The summed E-state index contributed by atoms with van der Waals surface area (Å²) in [5, 5.41) is 0. The summed E-state index contributed by atoms with van der Waals surface area (Å²) in [4.78, 5) is 40.3. The van der Waals surface area contributed by atoms with Crippen molar-refractivity contribution in [3.63, 3.8) is 0 Å². The number of carbonyl (C=O) groups is 3. The molecule has 5 saturated heterocycles. The zero-order chi connectivity index (χ0) is 24.8. The van der Waals surface area contributed by atoms with E-state index in [4.69, 9.17) is 28.1 Å². The van der Waals surface area contributed by atoms with Crippen LogP contribution in [0.15, 0.2) is 47.3 Å². The summed E-state index contributed by atoms with van der Waals surface area (Å²) in [5.74, 6) is -3.58. The van der Waals surface area contributed by atoms with Gasteiger partial charge in [-0.05, 0) is 32.4 Å². The van der Waals surface area contributed by atoms with Gasteiger partial charge in [-0.1, -0.05) is 18.7 Å². The van der Waals surface area contributed by atoms with E-state index in [1.165, 1.54) is 12.5 Å². The minimum atomic E-state index is -1.79. The van der Waals surface area contributed by atoms with E-state index in [0.29, 0.717) is 11.1 Å². The summed E-state index contributed by atoms with van der Waals surface area (Å²) < 4.78 is 36.7. The van der Waals surface area contributed by atoms with Crippen molar-refractivity contribution in [2.75, 3.05) is 0 Å². The van der Waals surface area contributed by atoms with Gasteiger partial charge < -0.3 is 28.1 Å². The zero-order valence-electron chi connectivity index (χ0n) is 19.9. The molecule has 1 aliphatic carbocycles. The van der Waals surface area contributed by atoms with Crippen LogP contribution in [0.5, 0.6) is 0 Å². The molecule has 9 unspecified atom stereocenters. The van der Waals surface area contributed by atoms with Gasteiger partial charge >= 0.3 is 17.9 Å². The van der Waals surface area contributed by atoms with Crippen LogP contribution >= 0.6 is 0 Å². The maximum absolute atomic E-state index is 14.2. The normalized spacial score (nSPS) is 52.8. The molecule has 0 N–H and O–H groups in total. The van der Waals surface area contributed by atoms with Crippen LogP contribution in [0.1, 0.15) is 52.2 Å². The standard InChI is InChI=1S/C26H26O9/c1-13(2)24-12-25(32-16(24)10-17(27)33-24)22(4)15-6-8-21(3)18(14-7-9-30-11-14)31-20(29)26(21,25)35-23(15,5)34-19(22)28/h6-9,11,15-16,18H,1,10,12H2,2-5H3. The van der Waals surface area contributed by atoms with E-state index in [1.807, 2.05) is 19.1 Å². The Morgan fingerprint density at radius 1 is 1.11 bits per heavy atom. The third-order valence-electron chi connectivity index (χ3n) is 9.71. The zero-order valence-corrected chi connectivity index (χ0v) is 19.9. The molecule has 9 nitrogen and oxygen atoms in total. The second kappa shape index (κ2) is 5.73. The molecule has 35 heavy (non-hydrogen) atoms. The molecule has 1 aromatic heterocycles. The fourth-order valence-corrected chi connectivity index (χ4v) is 8.03. The molecular weight excluding hydrogens is 456 g/mol. The number of hydrogen-bond acceptors (Lipinski definition) is 9. The van der Waals surface area contributed by atoms with Gasteiger partial charge in [-0.2, -0.15) is 0 Å². The molecule has 7 aliphatic rings. The number of ether oxygens (including phenoxy) is 5. The Balaban J connectivity index is 1.55. The molecule has 8 rings (SSSR count). The summed E-state index contributed by atoms with van der Waals surface area (Å²) in [5.41, 5.74) is -5.80. The van der Waals surface area contributed by atoms with E-state index in [-0.39, 0.29) is 12.8 Å². The topological polar surface area (TPSA) is 110 Å². The van der Waals surface area contributed by atoms with Crippen LogP contribution in [0, 0.1) is 16.7 Å². The first kappa shape index (κ1) is 21.4. The van der Waals surface area contributed by atoms with Gasteiger partial charge in [0.05, 0.1) is 30.3 Å². The molecule has 6 aliphatic heterocycles. The smallest absolute Gasteiger partial charge is 0.343 e. The molecular formula is C26H26O9. The van der Waals surface area contributed by atoms with Crippen molar-refractivity contribution in [2.45, 2.75) is 75.3 Å². The van der Waals surface area contributed by atoms with Crippen LogP contribution < -0.4 is 0 Å². The third kappa shape index (κ3) is 1.89. The molecule has 1 aromatic rings. The van der Waals surface area contributed by atoms with Gasteiger partial charge in [0.15, 0.2) is 5.60 Å². The fraction of sp³-hybridized carbons (Fsp3) is 0.577. The average Bonchev–Trinajstić information content (AvgIpc) is 3.51. The van der Waals surface area contributed by atoms with Gasteiger partial charge in [-0.3, -0.25) is 9.59 Å². The van der Waals surface area contributed by atoms with Crippen molar-refractivity contribution in [1.82, 2.24) is 0 Å². The summed E-state index contributed by atoms with van der Waals surface area (Å²) in [7, 11) is 0. The number of esters is 3. The largest absolute Gasteiger partial charge is 0.472 e. The molecule has 9 heteroatoms. The number of rotatable bonds is 2. The molecule has 184 valence electrons. The maximum atomic E-state index is 14.2. The van der Waals surface area contributed by atoms with E-state index < -0.39 is 69.5 Å². The van der Waals surface area contributed by atoms with Gasteiger partial charge in [0.1, 0.15) is 23.2 Å². The minimum absolute atomic E-state index is 0.00833. The lowest BCUT2D eigenvalue weighted by Crippen LogP contribution is -2.77. The Hall–Kier alpha value is -2.91. The highest BCUT2D eigenvalue weighted by Crippen LogP contribution is 2.77. The van der Waals surface area contributed by atoms with Crippen molar-refractivity contribution in [1.29, 1.82) is 0 Å². The Morgan fingerprint density at radius 2 is 1.89 bits per heavy atom. The van der Waals surface area contributed by atoms with Gasteiger partial charge in [0.25, 0.3) is 0 Å². The highest BCUT2D eigenvalue weighted by atomic mass is 16.8. The first-order chi connectivity index (χ1) is 16.4. The molecule has 2 spiro atoms. The first-order valence-electron chi connectivity index (χ1n) is 11.8. The number of fused-ring (bicyclic) bond motifs is 1. The lowest BCUT2D eigenvalue weighted by molar-refractivity contribution is -0.353. The van der Waals surface area contributed by atoms with Crippen molar-refractivity contribution >= 4 is 17.9 Å². The molecule has 7 heterocycles. The summed E-state index contributed by atoms with van der Waals surface area (Å²) >= 11 is 0. The Morgan fingerprint density at radius 3 is 2.54 bits per heavy atom. The van der Waals surface area contributed by atoms with Gasteiger partial charge in [-0.15, -0.1) is 0 Å². The van der Waals surface area contributed by atoms with Gasteiger partial charge in [-0.25, -0.2) is 4.79 Å². The fourth-order valence-electron chi connectivity index (χ4n) is 8.03. The lowest BCUT2D eigenvalue weighted by atomic mass is 9.50. The van der Waals surface area contributed by atoms with Crippen LogP contribution in [-0.4, -0.2) is 46.6 Å². The number of cyclic esters (lactones) is 1. The van der Waals surface area contributed by atoms with Crippen LogP contribution in [0.25, 0.3) is 0 Å². The van der Waals surface area contributed by atoms with Crippen LogP contribution in [-0.2, 0) is 38.1 Å². The second-order valence-electron chi connectivity index (χ2n) is 11.3.